The molecule has 6 aromatic rings. The summed E-state index contributed by atoms with van der Waals surface area (Å²) in [5.41, 5.74) is 8.80. The molecule has 0 amide bonds. The Morgan fingerprint density at radius 1 is 0.364 bits per heavy atom. The van der Waals surface area contributed by atoms with Gasteiger partial charge >= 0.3 is 0 Å². The summed E-state index contributed by atoms with van der Waals surface area (Å²) < 4.78 is 0. The molecule has 0 saturated carbocycles. The largest absolute Gasteiger partial charge is 0.254 e. The molecule has 44 heavy (non-hydrogen) atoms. The molecule has 0 fully saturated rings. The summed E-state index contributed by atoms with van der Waals surface area (Å²) in [6, 6.07) is 19.8. The van der Waals surface area contributed by atoms with Crippen LogP contribution in [0.2, 0.25) is 0 Å². The van der Waals surface area contributed by atoms with Crippen LogP contribution in [0.1, 0.15) is 52.9 Å². The third-order valence-electron chi connectivity index (χ3n) is 7.27. The maximum Gasteiger partial charge on any atom is 0.115 e. The first kappa shape index (κ1) is 28.9. The van der Waals surface area contributed by atoms with Crippen LogP contribution in [0.5, 0.6) is 0 Å². The molecule has 0 aliphatic heterocycles. The van der Waals surface area contributed by atoms with Crippen LogP contribution < -0.4 is 0 Å². The average molecular weight is 579 g/mol. The van der Waals surface area contributed by atoms with Crippen LogP contribution in [0, 0.1) is 0 Å². The van der Waals surface area contributed by atoms with Crippen LogP contribution in [-0.4, -0.2) is 39.9 Å². The molecule has 6 rings (SSSR count). The van der Waals surface area contributed by atoms with E-state index in [2.05, 4.69) is 41.5 Å². The first-order valence-electron chi connectivity index (χ1n) is 14.6. The highest BCUT2D eigenvalue weighted by atomic mass is 14.9. The van der Waals surface area contributed by atoms with Crippen molar-refractivity contribution in [3.63, 3.8) is 0 Å². The molecule has 0 aliphatic carbocycles. The fourth-order valence-corrected chi connectivity index (χ4v) is 4.98. The van der Waals surface area contributed by atoms with Crippen LogP contribution in [0.15, 0.2) is 97.8 Å². The molecule has 0 atom stereocenters. The van der Waals surface area contributed by atoms with Gasteiger partial charge in [0.25, 0.3) is 0 Å². The minimum atomic E-state index is -0.115. The molecule has 8 heteroatoms. The van der Waals surface area contributed by atoms with Crippen molar-refractivity contribution in [1.29, 1.82) is 0 Å². The standard InChI is InChI=1S/C36H34N8/c1-35(2,3)27-15-7-13-25(43-27)33-31(39-19-21-41-33)23-11-9-17-37-29(23)30-24(12-10-18-38-30)32-34(42-22-20-40-32)26-14-8-16-28(44-26)36(4,5)6/h7-22H,1-6H3. The number of hydrogen-bond acceptors (Lipinski definition) is 8. The van der Waals surface area contributed by atoms with Crippen molar-refractivity contribution in [1.82, 2.24) is 39.9 Å². The Kier molecular flexibility index (Phi) is 7.51. The first-order chi connectivity index (χ1) is 21.1. The lowest BCUT2D eigenvalue weighted by Gasteiger charge is -2.19. The van der Waals surface area contributed by atoms with E-state index in [9.17, 15) is 0 Å². The number of rotatable bonds is 5. The van der Waals surface area contributed by atoms with Gasteiger partial charge in [-0.25, -0.2) is 0 Å². The molecular formula is C36H34N8. The van der Waals surface area contributed by atoms with E-state index >= 15 is 0 Å². The zero-order valence-electron chi connectivity index (χ0n) is 25.8. The Hall–Kier alpha value is -5.24. The van der Waals surface area contributed by atoms with Crippen molar-refractivity contribution < 1.29 is 0 Å². The van der Waals surface area contributed by atoms with Gasteiger partial charge in [-0.05, 0) is 48.5 Å². The van der Waals surface area contributed by atoms with Gasteiger partial charge in [-0.15, -0.1) is 0 Å². The van der Waals surface area contributed by atoms with E-state index in [1.807, 2.05) is 60.7 Å². The van der Waals surface area contributed by atoms with E-state index in [4.69, 9.17) is 39.9 Å². The van der Waals surface area contributed by atoms with Gasteiger partial charge in [0.1, 0.15) is 22.8 Å². The summed E-state index contributed by atoms with van der Waals surface area (Å²) in [7, 11) is 0. The predicted octanol–water partition coefficient (Wildman–Crippen LogP) is 7.78. The lowest BCUT2D eigenvalue weighted by Crippen LogP contribution is -2.13. The summed E-state index contributed by atoms with van der Waals surface area (Å²) in [4.78, 5) is 38.7. The summed E-state index contributed by atoms with van der Waals surface area (Å²) in [5.74, 6) is 0. The molecule has 0 spiro atoms. The molecule has 0 aromatic carbocycles. The zero-order valence-corrected chi connectivity index (χ0v) is 25.8. The molecule has 8 nitrogen and oxygen atoms in total. The van der Waals surface area contributed by atoms with Crippen molar-refractivity contribution in [2.24, 2.45) is 0 Å². The highest BCUT2D eigenvalue weighted by Gasteiger charge is 2.24. The average Bonchev–Trinajstić information content (AvgIpc) is 3.04. The zero-order chi connectivity index (χ0) is 30.9. The van der Waals surface area contributed by atoms with E-state index in [1.165, 1.54) is 0 Å². The van der Waals surface area contributed by atoms with E-state index in [1.54, 1.807) is 37.2 Å². The molecule has 0 radical (unpaired) electrons. The fraction of sp³-hybridized carbons (Fsp3) is 0.222. The van der Waals surface area contributed by atoms with Crippen LogP contribution in [0.4, 0.5) is 0 Å². The summed E-state index contributed by atoms with van der Waals surface area (Å²) >= 11 is 0. The number of aromatic nitrogens is 8. The lowest BCUT2D eigenvalue weighted by molar-refractivity contribution is 0.569. The predicted molar refractivity (Wildman–Crippen MR) is 173 cm³/mol. The SMILES string of the molecule is CC(C)(C)c1cccc(-c2nccnc2-c2cccnc2-c2ncccc2-c2nccnc2-c2cccc(C(C)(C)C)n2)n1. The van der Waals surface area contributed by atoms with Crippen LogP contribution in [0.25, 0.3) is 56.7 Å². The molecule has 0 saturated heterocycles. The van der Waals surface area contributed by atoms with Crippen LogP contribution in [-0.2, 0) is 10.8 Å². The smallest absolute Gasteiger partial charge is 0.115 e. The van der Waals surface area contributed by atoms with E-state index in [0.29, 0.717) is 34.2 Å². The van der Waals surface area contributed by atoms with Crippen LogP contribution in [0.3, 0.4) is 0 Å². The minimum Gasteiger partial charge on any atom is -0.254 e. The van der Waals surface area contributed by atoms with Crippen molar-refractivity contribution in [3.05, 3.63) is 109 Å². The van der Waals surface area contributed by atoms with Gasteiger partial charge in [-0.2, -0.15) is 0 Å². The fourth-order valence-electron chi connectivity index (χ4n) is 4.98. The highest BCUT2D eigenvalue weighted by Crippen LogP contribution is 2.39. The maximum atomic E-state index is 4.97. The lowest BCUT2D eigenvalue weighted by atomic mass is 9.91. The molecule has 0 N–H and O–H groups in total. The molecule has 218 valence electrons. The molecule has 0 unspecified atom stereocenters. The van der Waals surface area contributed by atoms with Gasteiger partial charge in [0.05, 0.1) is 22.8 Å². The highest BCUT2D eigenvalue weighted by molar-refractivity contribution is 5.91. The maximum absolute atomic E-state index is 4.97. The summed E-state index contributed by atoms with van der Waals surface area (Å²) in [6.07, 6.45) is 10.3. The van der Waals surface area contributed by atoms with E-state index in [0.717, 1.165) is 33.9 Å². The van der Waals surface area contributed by atoms with E-state index < -0.39 is 0 Å². The van der Waals surface area contributed by atoms with Crippen molar-refractivity contribution in [2.45, 2.75) is 52.4 Å². The topological polar surface area (TPSA) is 103 Å². The first-order valence-corrected chi connectivity index (χ1v) is 14.6. The molecule has 0 bridgehead atoms. The van der Waals surface area contributed by atoms with Crippen molar-refractivity contribution >= 4 is 0 Å². The second-order valence-electron chi connectivity index (χ2n) is 12.6. The summed E-state index contributed by atoms with van der Waals surface area (Å²) in [5, 5.41) is 0. The molecular weight excluding hydrogens is 544 g/mol. The second kappa shape index (κ2) is 11.4. The number of pyridine rings is 4. The number of hydrogen-bond donors (Lipinski definition) is 0. The molecule has 6 heterocycles. The van der Waals surface area contributed by atoms with Gasteiger partial charge in [-0.3, -0.25) is 39.9 Å². The third kappa shape index (κ3) is 5.71. The van der Waals surface area contributed by atoms with Gasteiger partial charge in [0, 0.05) is 70.5 Å². The normalized spacial score (nSPS) is 11.9. The van der Waals surface area contributed by atoms with Crippen LogP contribution >= 0.6 is 0 Å². The Morgan fingerprint density at radius 2 is 0.727 bits per heavy atom. The van der Waals surface area contributed by atoms with Gasteiger partial charge in [-0.1, -0.05) is 53.7 Å². The number of nitrogens with zero attached hydrogens (tertiary/aromatic N) is 8. The van der Waals surface area contributed by atoms with Gasteiger partial charge in [0.2, 0.25) is 0 Å². The molecule has 6 aromatic heterocycles. The van der Waals surface area contributed by atoms with Crippen molar-refractivity contribution in [3.8, 4) is 56.7 Å². The Balaban J connectivity index is 1.52. The van der Waals surface area contributed by atoms with E-state index in [-0.39, 0.29) is 10.8 Å². The quantitative estimate of drug-likeness (QED) is 0.204. The third-order valence-corrected chi connectivity index (χ3v) is 7.27. The minimum absolute atomic E-state index is 0.115. The molecule has 0 aliphatic rings. The Bertz CT molecular complexity index is 1810. The summed E-state index contributed by atoms with van der Waals surface area (Å²) in [6.45, 7) is 12.9. The Morgan fingerprint density at radius 3 is 1.11 bits per heavy atom. The second-order valence-corrected chi connectivity index (χ2v) is 12.6. The van der Waals surface area contributed by atoms with Crippen molar-refractivity contribution in [2.75, 3.05) is 0 Å². The Labute approximate surface area is 257 Å². The van der Waals surface area contributed by atoms with Gasteiger partial charge in [0.15, 0.2) is 0 Å². The monoisotopic (exact) mass is 578 g/mol. The van der Waals surface area contributed by atoms with Gasteiger partial charge < -0.3 is 0 Å².